The Labute approximate surface area is 195 Å². The average Bonchev–Trinajstić information content (AvgIpc) is 3.15. The number of benzene rings is 2. The summed E-state index contributed by atoms with van der Waals surface area (Å²) in [4.78, 5) is 30.9. The Kier molecular flexibility index (Phi) is 5.97. The maximum atomic E-state index is 13.9. The van der Waals surface area contributed by atoms with E-state index in [4.69, 9.17) is 18.6 Å². The van der Waals surface area contributed by atoms with Gasteiger partial charge in [0, 0.05) is 26.2 Å². The van der Waals surface area contributed by atoms with E-state index in [1.54, 1.807) is 23.1 Å². The van der Waals surface area contributed by atoms with Gasteiger partial charge in [-0.15, -0.1) is 0 Å². The van der Waals surface area contributed by atoms with Gasteiger partial charge in [-0.25, -0.2) is 4.39 Å². The zero-order valence-corrected chi connectivity index (χ0v) is 19.0. The zero-order valence-electron chi connectivity index (χ0n) is 19.0. The Morgan fingerprint density at radius 2 is 1.76 bits per heavy atom. The van der Waals surface area contributed by atoms with Gasteiger partial charge < -0.3 is 23.5 Å². The topological polar surface area (TPSA) is 81.5 Å². The van der Waals surface area contributed by atoms with Crippen LogP contribution in [0, 0.1) is 5.82 Å². The SMILES string of the molecule is COc1ccc([C@H]2c3c(oc4ccc(F)cc4c3=O)C(=O)N2CCN2CCOCC2)cc1OC. The van der Waals surface area contributed by atoms with E-state index in [0.29, 0.717) is 43.4 Å². The molecule has 1 amide bonds. The number of rotatable bonds is 6. The minimum absolute atomic E-state index is 0.00845. The van der Waals surface area contributed by atoms with Gasteiger partial charge in [0.05, 0.1) is 44.4 Å². The maximum absolute atomic E-state index is 13.9. The molecule has 1 fully saturated rings. The van der Waals surface area contributed by atoms with E-state index in [1.807, 2.05) is 0 Å². The summed E-state index contributed by atoms with van der Waals surface area (Å²) in [5, 5.41) is 0.104. The molecule has 0 N–H and O–H groups in total. The molecule has 9 heteroatoms. The number of amides is 1. The molecule has 1 aromatic heterocycles. The molecule has 178 valence electrons. The van der Waals surface area contributed by atoms with Crippen LogP contribution >= 0.6 is 0 Å². The third kappa shape index (κ3) is 3.80. The number of fused-ring (bicyclic) bond motifs is 2. The Hall–Kier alpha value is -3.43. The lowest BCUT2D eigenvalue weighted by molar-refractivity contribution is 0.0314. The summed E-state index contributed by atoms with van der Waals surface area (Å²) >= 11 is 0. The Bertz CT molecular complexity index is 1300. The van der Waals surface area contributed by atoms with Gasteiger partial charge in [-0.3, -0.25) is 14.5 Å². The van der Waals surface area contributed by atoms with E-state index < -0.39 is 17.3 Å². The fourth-order valence-electron chi connectivity index (χ4n) is 4.67. The summed E-state index contributed by atoms with van der Waals surface area (Å²) in [6.07, 6.45) is 0. The van der Waals surface area contributed by atoms with Gasteiger partial charge in [0.2, 0.25) is 5.76 Å². The van der Waals surface area contributed by atoms with E-state index in [-0.39, 0.29) is 28.2 Å². The molecule has 0 saturated carbocycles. The van der Waals surface area contributed by atoms with Crippen molar-refractivity contribution >= 4 is 16.9 Å². The predicted octanol–water partition coefficient (Wildman–Crippen LogP) is 2.83. The maximum Gasteiger partial charge on any atom is 0.290 e. The number of methoxy groups -OCH3 is 2. The summed E-state index contributed by atoms with van der Waals surface area (Å²) in [5.74, 6) is 0.0849. The van der Waals surface area contributed by atoms with Gasteiger partial charge in [-0.1, -0.05) is 6.07 Å². The van der Waals surface area contributed by atoms with Crippen LogP contribution in [-0.4, -0.2) is 69.3 Å². The fourth-order valence-corrected chi connectivity index (χ4v) is 4.67. The molecular formula is C25H25FN2O6. The van der Waals surface area contributed by atoms with Crippen LogP contribution in [0.3, 0.4) is 0 Å². The van der Waals surface area contributed by atoms with Gasteiger partial charge in [0.25, 0.3) is 5.91 Å². The third-order valence-corrected chi connectivity index (χ3v) is 6.41. The molecule has 5 rings (SSSR count). The molecule has 3 heterocycles. The lowest BCUT2D eigenvalue weighted by Crippen LogP contribution is -2.42. The van der Waals surface area contributed by atoms with Crippen LogP contribution in [0.5, 0.6) is 11.5 Å². The van der Waals surface area contributed by atoms with Crippen molar-refractivity contribution in [2.75, 3.05) is 53.6 Å². The number of hydrogen-bond donors (Lipinski definition) is 0. The largest absolute Gasteiger partial charge is 0.493 e. The first kappa shape index (κ1) is 22.4. The van der Waals surface area contributed by atoms with Crippen molar-refractivity contribution in [1.29, 1.82) is 0 Å². The quantitative estimate of drug-likeness (QED) is 0.550. The highest BCUT2D eigenvalue weighted by Gasteiger charge is 2.43. The van der Waals surface area contributed by atoms with Crippen LogP contribution in [0.1, 0.15) is 27.7 Å². The van der Waals surface area contributed by atoms with Crippen LogP contribution < -0.4 is 14.9 Å². The summed E-state index contributed by atoms with van der Waals surface area (Å²) < 4.78 is 36.0. The molecular weight excluding hydrogens is 443 g/mol. The number of halogens is 1. The standard InChI is InChI=1S/C25H25FN2O6/c1-31-19-5-3-15(13-20(19)32-2)22-21-23(29)17-14-16(26)4-6-18(17)34-24(21)25(30)28(22)8-7-27-9-11-33-12-10-27/h3-6,13-14,22H,7-12H2,1-2H3/t22-/m0/s1. The monoisotopic (exact) mass is 468 g/mol. The van der Waals surface area contributed by atoms with E-state index >= 15 is 0 Å². The smallest absolute Gasteiger partial charge is 0.290 e. The molecule has 0 radical (unpaired) electrons. The molecule has 8 nitrogen and oxygen atoms in total. The molecule has 0 bridgehead atoms. The lowest BCUT2D eigenvalue weighted by Gasteiger charge is -2.31. The zero-order chi connectivity index (χ0) is 23.8. The van der Waals surface area contributed by atoms with Crippen molar-refractivity contribution in [3.63, 3.8) is 0 Å². The van der Waals surface area contributed by atoms with Crippen LogP contribution in [0.25, 0.3) is 11.0 Å². The summed E-state index contributed by atoms with van der Waals surface area (Å²) in [6.45, 7) is 3.84. The van der Waals surface area contributed by atoms with Crippen molar-refractivity contribution in [3.8, 4) is 11.5 Å². The highest BCUT2D eigenvalue weighted by molar-refractivity contribution is 5.99. The molecule has 1 saturated heterocycles. The first-order valence-electron chi connectivity index (χ1n) is 11.1. The van der Waals surface area contributed by atoms with Crippen molar-refractivity contribution in [2.24, 2.45) is 0 Å². The van der Waals surface area contributed by atoms with E-state index in [2.05, 4.69) is 4.90 Å². The van der Waals surface area contributed by atoms with Crippen molar-refractivity contribution in [1.82, 2.24) is 9.80 Å². The number of morpholine rings is 1. The lowest BCUT2D eigenvalue weighted by atomic mass is 9.98. The van der Waals surface area contributed by atoms with Crippen molar-refractivity contribution in [3.05, 3.63) is 69.3 Å². The van der Waals surface area contributed by atoms with Crippen LogP contribution in [0.2, 0.25) is 0 Å². The summed E-state index contributed by atoms with van der Waals surface area (Å²) in [6, 6.07) is 8.31. The number of carbonyl (C=O) groups excluding carboxylic acids is 1. The molecule has 0 aliphatic carbocycles. The van der Waals surface area contributed by atoms with Gasteiger partial charge >= 0.3 is 0 Å². The summed E-state index contributed by atoms with van der Waals surface area (Å²) in [7, 11) is 3.06. The van der Waals surface area contributed by atoms with Gasteiger partial charge in [0.1, 0.15) is 11.4 Å². The van der Waals surface area contributed by atoms with Gasteiger partial charge in [-0.2, -0.15) is 0 Å². The van der Waals surface area contributed by atoms with Gasteiger partial charge in [0.15, 0.2) is 16.9 Å². The van der Waals surface area contributed by atoms with Crippen molar-refractivity contribution < 1.29 is 27.8 Å². The summed E-state index contributed by atoms with van der Waals surface area (Å²) in [5.41, 5.74) is 0.643. The van der Waals surface area contributed by atoms with E-state index in [0.717, 1.165) is 19.2 Å². The third-order valence-electron chi connectivity index (χ3n) is 6.41. The van der Waals surface area contributed by atoms with Gasteiger partial charge in [-0.05, 0) is 35.9 Å². The Morgan fingerprint density at radius 1 is 1.00 bits per heavy atom. The van der Waals surface area contributed by atoms with Crippen LogP contribution in [-0.2, 0) is 4.74 Å². The second-order valence-electron chi connectivity index (χ2n) is 8.28. The fraction of sp³-hybridized carbons (Fsp3) is 0.360. The molecule has 34 heavy (non-hydrogen) atoms. The number of ether oxygens (including phenoxy) is 3. The van der Waals surface area contributed by atoms with Crippen LogP contribution in [0.4, 0.5) is 4.39 Å². The minimum atomic E-state index is -0.702. The molecule has 2 aliphatic rings. The van der Waals surface area contributed by atoms with E-state index in [9.17, 15) is 14.0 Å². The second-order valence-corrected chi connectivity index (χ2v) is 8.28. The minimum Gasteiger partial charge on any atom is -0.493 e. The predicted molar refractivity (Wildman–Crippen MR) is 122 cm³/mol. The number of hydrogen-bond acceptors (Lipinski definition) is 7. The highest BCUT2D eigenvalue weighted by atomic mass is 19.1. The molecule has 0 spiro atoms. The normalized spacial score (nSPS) is 18.4. The number of carbonyl (C=O) groups is 1. The molecule has 0 unspecified atom stereocenters. The second kappa shape index (κ2) is 9.08. The number of nitrogens with zero attached hydrogens (tertiary/aromatic N) is 2. The highest BCUT2D eigenvalue weighted by Crippen LogP contribution is 2.40. The van der Waals surface area contributed by atoms with Crippen molar-refractivity contribution in [2.45, 2.75) is 6.04 Å². The molecule has 3 aromatic rings. The molecule has 1 atom stereocenters. The first-order valence-corrected chi connectivity index (χ1v) is 11.1. The van der Waals surface area contributed by atoms with E-state index in [1.165, 1.54) is 26.4 Å². The average molecular weight is 468 g/mol. The first-order chi connectivity index (χ1) is 16.5. The Morgan fingerprint density at radius 3 is 2.50 bits per heavy atom. The molecule has 2 aliphatic heterocycles. The molecule has 2 aromatic carbocycles. The Balaban J connectivity index is 1.63. The van der Waals surface area contributed by atoms with Crippen LogP contribution in [0.15, 0.2) is 45.6 Å².